The molecule has 0 unspecified atom stereocenters. The highest BCUT2D eigenvalue weighted by molar-refractivity contribution is 6.26. The number of rotatable bonds is 2. The molecule has 1 aliphatic rings. The second kappa shape index (κ2) is 4.45. The average molecular weight is 180 g/mol. The molecule has 0 aromatic carbocycles. The number of amides is 1. The lowest BCUT2D eigenvalue weighted by Crippen LogP contribution is -2.23. The quantitative estimate of drug-likeness (QED) is 0.381. The maximum absolute atomic E-state index is 10.9. The van der Waals surface area contributed by atoms with Crippen LogP contribution in [-0.2, 0) is 4.79 Å². The number of carbonyl (C=O) groups is 1. The summed E-state index contributed by atoms with van der Waals surface area (Å²) >= 11 is 0. The molecule has 0 saturated heterocycles. The lowest BCUT2D eigenvalue weighted by molar-refractivity contribution is -0.113. The molecular weight excluding hydrogens is 168 g/mol. The van der Waals surface area contributed by atoms with Crippen molar-refractivity contribution in [3.8, 4) is 0 Å². The molecule has 4 nitrogen and oxygen atoms in total. The fraction of sp³-hybridized carbons (Fsp3) is 0.333. The molecule has 0 fully saturated rings. The molecule has 0 saturated carbocycles. The number of nitrogens with one attached hydrogen (secondary N) is 1. The summed E-state index contributed by atoms with van der Waals surface area (Å²) in [6.07, 6.45) is 6.66. The normalized spacial score (nSPS) is 16.7. The summed E-state index contributed by atoms with van der Waals surface area (Å²) < 4.78 is 0. The first-order valence-electron chi connectivity index (χ1n) is 4.08. The van der Waals surface area contributed by atoms with Crippen LogP contribution in [0.4, 0.5) is 0 Å². The zero-order valence-electron chi connectivity index (χ0n) is 7.45. The van der Waals surface area contributed by atoms with Gasteiger partial charge in [0.15, 0.2) is 0 Å². The lowest BCUT2D eigenvalue weighted by atomic mass is 10.1. The van der Waals surface area contributed by atoms with E-state index in [4.69, 9.17) is 5.21 Å². The molecule has 0 bridgehead atoms. The minimum atomic E-state index is -0.417. The van der Waals surface area contributed by atoms with Crippen molar-refractivity contribution in [1.82, 2.24) is 5.32 Å². The SMILES string of the molecule is CC1=CC(NC(=O)/C=N/O)=CCC1. The standard InChI is InChI=1S/C9H12N2O2/c1-7-3-2-4-8(5-7)11-9(12)6-10-13/h4-6,13H,2-3H2,1H3,(H,11,12)/b10-6+. The van der Waals surface area contributed by atoms with Crippen LogP contribution in [0.15, 0.2) is 28.6 Å². The molecular formula is C9H12N2O2. The Bertz CT molecular complexity index is 290. The Morgan fingerprint density at radius 3 is 3.15 bits per heavy atom. The fourth-order valence-electron chi connectivity index (χ4n) is 1.17. The second-order valence-corrected chi connectivity index (χ2v) is 2.92. The van der Waals surface area contributed by atoms with E-state index in [1.54, 1.807) is 0 Å². The third kappa shape index (κ3) is 3.11. The number of hydrogen-bond donors (Lipinski definition) is 2. The monoisotopic (exact) mass is 180 g/mol. The lowest BCUT2D eigenvalue weighted by Gasteiger charge is -2.10. The maximum atomic E-state index is 10.9. The van der Waals surface area contributed by atoms with Crippen molar-refractivity contribution < 1.29 is 10.0 Å². The number of hydrogen-bond acceptors (Lipinski definition) is 3. The highest BCUT2D eigenvalue weighted by atomic mass is 16.4. The van der Waals surface area contributed by atoms with Crippen LogP contribution < -0.4 is 5.32 Å². The highest BCUT2D eigenvalue weighted by Gasteiger charge is 2.03. The van der Waals surface area contributed by atoms with Crippen LogP contribution in [-0.4, -0.2) is 17.3 Å². The van der Waals surface area contributed by atoms with Gasteiger partial charge in [-0.15, -0.1) is 0 Å². The number of carbonyl (C=O) groups excluding carboxylic acids is 1. The van der Waals surface area contributed by atoms with E-state index in [9.17, 15) is 4.79 Å². The minimum Gasteiger partial charge on any atom is -0.411 e. The minimum absolute atomic E-state index is 0.417. The van der Waals surface area contributed by atoms with Gasteiger partial charge in [0.25, 0.3) is 5.91 Å². The highest BCUT2D eigenvalue weighted by Crippen LogP contribution is 2.14. The molecule has 0 radical (unpaired) electrons. The van der Waals surface area contributed by atoms with Crippen LogP contribution in [0, 0.1) is 0 Å². The van der Waals surface area contributed by atoms with E-state index in [2.05, 4.69) is 10.5 Å². The third-order valence-corrected chi connectivity index (χ3v) is 1.75. The van der Waals surface area contributed by atoms with Crippen molar-refractivity contribution in [1.29, 1.82) is 0 Å². The van der Waals surface area contributed by atoms with Gasteiger partial charge in [-0.05, 0) is 25.8 Å². The van der Waals surface area contributed by atoms with Gasteiger partial charge >= 0.3 is 0 Å². The molecule has 1 amide bonds. The molecule has 0 atom stereocenters. The fourth-order valence-corrected chi connectivity index (χ4v) is 1.17. The predicted molar refractivity (Wildman–Crippen MR) is 49.5 cm³/mol. The number of oxime groups is 1. The van der Waals surface area contributed by atoms with Crippen molar-refractivity contribution in [2.75, 3.05) is 0 Å². The van der Waals surface area contributed by atoms with Crippen LogP contribution in [0.25, 0.3) is 0 Å². The Morgan fingerprint density at radius 2 is 2.54 bits per heavy atom. The summed E-state index contributed by atoms with van der Waals surface area (Å²) in [4.78, 5) is 10.9. The molecule has 1 aliphatic carbocycles. The molecule has 0 heterocycles. The summed E-state index contributed by atoms with van der Waals surface area (Å²) in [5.41, 5.74) is 2.01. The van der Waals surface area contributed by atoms with E-state index < -0.39 is 5.91 Å². The van der Waals surface area contributed by atoms with Gasteiger partial charge in [0.1, 0.15) is 6.21 Å². The second-order valence-electron chi connectivity index (χ2n) is 2.92. The van der Waals surface area contributed by atoms with E-state index in [0.29, 0.717) is 0 Å². The van der Waals surface area contributed by atoms with Crippen molar-refractivity contribution in [2.45, 2.75) is 19.8 Å². The van der Waals surface area contributed by atoms with Crippen molar-refractivity contribution in [3.63, 3.8) is 0 Å². The van der Waals surface area contributed by atoms with Crippen LogP contribution in [0.5, 0.6) is 0 Å². The van der Waals surface area contributed by atoms with E-state index in [0.717, 1.165) is 24.8 Å². The van der Waals surface area contributed by atoms with Gasteiger partial charge in [0.2, 0.25) is 0 Å². The van der Waals surface area contributed by atoms with E-state index in [1.165, 1.54) is 5.57 Å². The Morgan fingerprint density at radius 1 is 1.77 bits per heavy atom. The zero-order valence-corrected chi connectivity index (χ0v) is 7.45. The Hall–Kier alpha value is -1.58. The van der Waals surface area contributed by atoms with E-state index in [1.807, 2.05) is 19.1 Å². The zero-order chi connectivity index (χ0) is 9.68. The topological polar surface area (TPSA) is 61.7 Å². The van der Waals surface area contributed by atoms with Crippen molar-refractivity contribution in [3.05, 3.63) is 23.4 Å². The van der Waals surface area contributed by atoms with Crippen molar-refractivity contribution >= 4 is 12.1 Å². The maximum Gasteiger partial charge on any atom is 0.270 e. The van der Waals surface area contributed by atoms with Crippen LogP contribution in [0.3, 0.4) is 0 Å². The summed E-state index contributed by atoms with van der Waals surface area (Å²) in [5, 5.41) is 13.3. The molecule has 0 aromatic heterocycles. The predicted octanol–water partition coefficient (Wildman–Crippen LogP) is 1.19. The molecule has 4 heteroatoms. The van der Waals surface area contributed by atoms with Crippen LogP contribution in [0.1, 0.15) is 19.8 Å². The summed E-state index contributed by atoms with van der Waals surface area (Å²) in [6.45, 7) is 2.01. The number of nitrogens with zero attached hydrogens (tertiary/aromatic N) is 1. The summed E-state index contributed by atoms with van der Waals surface area (Å²) in [6, 6.07) is 0. The van der Waals surface area contributed by atoms with Gasteiger partial charge < -0.3 is 10.5 Å². The first-order valence-corrected chi connectivity index (χ1v) is 4.08. The van der Waals surface area contributed by atoms with Crippen molar-refractivity contribution in [2.24, 2.45) is 5.16 Å². The Labute approximate surface area is 76.6 Å². The van der Waals surface area contributed by atoms with Crippen LogP contribution in [0.2, 0.25) is 0 Å². The number of allylic oxidation sites excluding steroid dienone is 3. The Balaban J connectivity index is 2.55. The van der Waals surface area contributed by atoms with Gasteiger partial charge in [0, 0.05) is 5.70 Å². The molecule has 70 valence electrons. The Kier molecular flexibility index (Phi) is 3.25. The van der Waals surface area contributed by atoms with Crippen LogP contribution >= 0.6 is 0 Å². The summed E-state index contributed by atoms with van der Waals surface area (Å²) in [5.74, 6) is -0.417. The van der Waals surface area contributed by atoms with Gasteiger partial charge in [-0.1, -0.05) is 16.8 Å². The smallest absolute Gasteiger partial charge is 0.270 e. The van der Waals surface area contributed by atoms with Gasteiger partial charge in [-0.3, -0.25) is 4.79 Å². The first kappa shape index (κ1) is 9.51. The van der Waals surface area contributed by atoms with E-state index >= 15 is 0 Å². The van der Waals surface area contributed by atoms with Gasteiger partial charge in [0.05, 0.1) is 0 Å². The van der Waals surface area contributed by atoms with Gasteiger partial charge in [-0.25, -0.2) is 0 Å². The third-order valence-electron chi connectivity index (χ3n) is 1.75. The molecule has 2 N–H and O–H groups in total. The summed E-state index contributed by atoms with van der Waals surface area (Å²) in [7, 11) is 0. The molecule has 0 spiro atoms. The average Bonchev–Trinajstić information content (AvgIpc) is 2.04. The van der Waals surface area contributed by atoms with Gasteiger partial charge in [-0.2, -0.15) is 0 Å². The largest absolute Gasteiger partial charge is 0.411 e. The molecule has 0 aromatic rings. The molecule has 1 rings (SSSR count). The van der Waals surface area contributed by atoms with E-state index in [-0.39, 0.29) is 0 Å². The first-order chi connectivity index (χ1) is 6.22. The molecule has 13 heavy (non-hydrogen) atoms. The molecule has 0 aliphatic heterocycles.